The number of hydrogen-bond acceptors (Lipinski definition) is 4. The molecule has 0 saturated carbocycles. The van der Waals surface area contributed by atoms with Crippen molar-refractivity contribution >= 4 is 65.2 Å². The zero-order valence-electron chi connectivity index (χ0n) is 27.7. The molecule has 0 bridgehead atoms. The van der Waals surface area contributed by atoms with Crippen LogP contribution in [0.3, 0.4) is 0 Å². The van der Waals surface area contributed by atoms with Gasteiger partial charge in [-0.05, 0) is 63.7 Å². The van der Waals surface area contributed by atoms with Gasteiger partial charge in [-0.2, -0.15) is 0 Å². The van der Waals surface area contributed by atoms with Crippen molar-refractivity contribution in [1.82, 2.24) is 14.5 Å². The summed E-state index contributed by atoms with van der Waals surface area (Å²) in [5.74, 6) is 0.688. The molecule has 12 rings (SSSR count). The van der Waals surface area contributed by atoms with E-state index in [-0.39, 0.29) is 0 Å². The highest BCUT2D eigenvalue weighted by Gasteiger charge is 2.50. The van der Waals surface area contributed by atoms with Crippen molar-refractivity contribution in [3.8, 4) is 28.3 Å². The molecule has 0 radical (unpaired) electrons. The molecule has 52 heavy (non-hydrogen) atoms. The van der Waals surface area contributed by atoms with Gasteiger partial charge in [-0.15, -0.1) is 11.3 Å². The molecule has 0 fully saturated rings. The predicted molar refractivity (Wildman–Crippen MR) is 216 cm³/mol. The van der Waals surface area contributed by atoms with Crippen LogP contribution < -0.4 is 0 Å². The van der Waals surface area contributed by atoms with E-state index in [0.29, 0.717) is 5.95 Å². The number of para-hydroxylation sites is 1. The van der Waals surface area contributed by atoms with E-state index in [1.807, 2.05) is 11.8 Å². The second-order valence-electron chi connectivity index (χ2n) is 13.7. The van der Waals surface area contributed by atoms with Crippen molar-refractivity contribution in [2.75, 3.05) is 0 Å². The summed E-state index contributed by atoms with van der Waals surface area (Å²) in [6.07, 6.45) is 0. The lowest BCUT2D eigenvalue weighted by atomic mass is 9.67. The van der Waals surface area contributed by atoms with E-state index in [2.05, 4.69) is 168 Å². The quantitative estimate of drug-likeness (QED) is 0.180. The van der Waals surface area contributed by atoms with Crippen molar-refractivity contribution < 1.29 is 0 Å². The molecule has 3 aromatic heterocycles. The molecule has 0 amide bonds. The van der Waals surface area contributed by atoms with E-state index >= 15 is 0 Å². The third-order valence-electron chi connectivity index (χ3n) is 11.1. The molecular formula is C47H27N3S2. The third-order valence-corrected chi connectivity index (χ3v) is 13.4. The first kappa shape index (κ1) is 28.7. The number of rotatable bonds is 2. The van der Waals surface area contributed by atoms with E-state index in [1.165, 1.54) is 58.6 Å². The normalized spacial score (nSPS) is 13.8. The highest BCUT2D eigenvalue weighted by atomic mass is 32.2. The highest BCUT2D eigenvalue weighted by molar-refractivity contribution is 7.99. The summed E-state index contributed by atoms with van der Waals surface area (Å²) in [5, 5.41) is 3.56. The first-order valence-electron chi connectivity index (χ1n) is 17.6. The summed E-state index contributed by atoms with van der Waals surface area (Å²) in [5.41, 5.74) is 12.8. The topological polar surface area (TPSA) is 30.7 Å². The fraction of sp³-hybridized carbons (Fsp3) is 0.0213. The lowest BCUT2D eigenvalue weighted by Gasteiger charge is -2.39. The van der Waals surface area contributed by atoms with Gasteiger partial charge in [0.1, 0.15) is 0 Å². The van der Waals surface area contributed by atoms with Crippen LogP contribution in [0.25, 0.3) is 70.4 Å². The SMILES string of the molecule is c1ccc(-c2nc(-n3c4ccccc4c4cc5c(cc43)Sc3ccccc3C53c4ccccc4-c4ccccc43)nc3c2sc2ccccc23)cc1. The minimum atomic E-state index is -0.437. The standard InChI is InChI=1S/C47H27N3S2/c1-2-14-28(15-3-1)43-45-44(32-19-7-12-24-40(32)52-45)49-46(48-43)50-38-23-11-6-18-31(38)33-26-37-42(27-39(33)50)51-41-25-13-10-22-36(41)47(37)34-20-8-4-16-29(34)30-17-5-9-21-35(30)47/h1-27H. The molecule has 3 nitrogen and oxygen atoms in total. The molecule has 0 unspecified atom stereocenters. The van der Waals surface area contributed by atoms with Crippen LogP contribution in [0.5, 0.6) is 0 Å². The van der Waals surface area contributed by atoms with Crippen molar-refractivity contribution in [2.45, 2.75) is 15.2 Å². The number of thiophene rings is 1. The van der Waals surface area contributed by atoms with Crippen molar-refractivity contribution in [3.05, 3.63) is 186 Å². The predicted octanol–water partition coefficient (Wildman–Crippen LogP) is 12.4. The second kappa shape index (κ2) is 10.5. The van der Waals surface area contributed by atoms with Gasteiger partial charge in [0.05, 0.1) is 32.4 Å². The van der Waals surface area contributed by atoms with Crippen molar-refractivity contribution in [2.24, 2.45) is 0 Å². The molecule has 1 aliphatic heterocycles. The van der Waals surface area contributed by atoms with Gasteiger partial charge in [-0.3, -0.25) is 4.57 Å². The summed E-state index contributed by atoms with van der Waals surface area (Å²) in [6.45, 7) is 0. The summed E-state index contributed by atoms with van der Waals surface area (Å²) >= 11 is 3.64. The Morgan fingerprint density at radius 2 is 1.13 bits per heavy atom. The summed E-state index contributed by atoms with van der Waals surface area (Å²) in [7, 11) is 0. The average molecular weight is 698 g/mol. The zero-order valence-corrected chi connectivity index (χ0v) is 29.4. The Hall–Kier alpha value is -6.01. The Kier molecular flexibility index (Phi) is 5.80. The van der Waals surface area contributed by atoms with Gasteiger partial charge in [0.25, 0.3) is 0 Å². The maximum atomic E-state index is 5.44. The molecule has 2 aliphatic rings. The van der Waals surface area contributed by atoms with Crippen LogP contribution in [0.1, 0.15) is 22.3 Å². The van der Waals surface area contributed by atoms with Gasteiger partial charge in [-0.25, -0.2) is 9.97 Å². The van der Waals surface area contributed by atoms with E-state index in [9.17, 15) is 0 Å². The second-order valence-corrected chi connectivity index (χ2v) is 15.8. The van der Waals surface area contributed by atoms with Gasteiger partial charge in [0, 0.05) is 36.2 Å². The van der Waals surface area contributed by atoms with Crippen LogP contribution in [0.4, 0.5) is 0 Å². The summed E-state index contributed by atoms with van der Waals surface area (Å²) in [6, 6.07) is 59.8. The smallest absolute Gasteiger partial charge is 0.235 e. The molecule has 7 aromatic carbocycles. The van der Waals surface area contributed by atoms with Crippen LogP contribution in [-0.4, -0.2) is 14.5 Å². The molecule has 0 N–H and O–H groups in total. The third kappa shape index (κ3) is 3.66. The molecule has 0 saturated heterocycles. The van der Waals surface area contributed by atoms with Crippen LogP contribution >= 0.6 is 23.1 Å². The van der Waals surface area contributed by atoms with E-state index in [0.717, 1.165) is 37.9 Å². The maximum Gasteiger partial charge on any atom is 0.235 e. The van der Waals surface area contributed by atoms with Crippen LogP contribution in [-0.2, 0) is 5.41 Å². The number of hydrogen-bond donors (Lipinski definition) is 0. The number of aromatic nitrogens is 3. The van der Waals surface area contributed by atoms with E-state index in [1.54, 1.807) is 11.3 Å². The molecule has 10 aromatic rings. The fourth-order valence-corrected chi connectivity index (χ4v) is 11.4. The summed E-state index contributed by atoms with van der Waals surface area (Å²) in [4.78, 5) is 13.4. The van der Waals surface area contributed by atoms with Crippen LogP contribution in [0.15, 0.2) is 174 Å². The fourth-order valence-electron chi connectivity index (χ4n) is 9.00. The van der Waals surface area contributed by atoms with E-state index in [4.69, 9.17) is 9.97 Å². The van der Waals surface area contributed by atoms with Gasteiger partial charge in [0.15, 0.2) is 0 Å². The van der Waals surface area contributed by atoms with Crippen molar-refractivity contribution in [3.63, 3.8) is 0 Å². The maximum absolute atomic E-state index is 5.44. The number of benzene rings is 7. The molecule has 5 heteroatoms. The van der Waals surface area contributed by atoms with Crippen molar-refractivity contribution in [1.29, 1.82) is 0 Å². The van der Waals surface area contributed by atoms with Crippen LogP contribution in [0.2, 0.25) is 0 Å². The Labute approximate surface area is 307 Å². The number of fused-ring (bicyclic) bond motifs is 15. The first-order valence-corrected chi connectivity index (χ1v) is 19.2. The Morgan fingerprint density at radius 3 is 1.94 bits per heavy atom. The molecule has 4 heterocycles. The molecular weight excluding hydrogens is 671 g/mol. The molecule has 0 atom stereocenters. The monoisotopic (exact) mass is 697 g/mol. The Bertz CT molecular complexity index is 3070. The Balaban J connectivity index is 1.21. The molecule has 1 spiro atoms. The van der Waals surface area contributed by atoms with Crippen LogP contribution in [0, 0.1) is 0 Å². The van der Waals surface area contributed by atoms with Gasteiger partial charge in [-0.1, -0.05) is 145 Å². The van der Waals surface area contributed by atoms with E-state index < -0.39 is 5.41 Å². The Morgan fingerprint density at radius 1 is 0.481 bits per heavy atom. The lowest BCUT2D eigenvalue weighted by molar-refractivity contribution is 0.724. The van der Waals surface area contributed by atoms with Gasteiger partial charge >= 0.3 is 0 Å². The average Bonchev–Trinajstić information content (AvgIpc) is 3.84. The zero-order chi connectivity index (χ0) is 34.0. The largest absolute Gasteiger partial charge is 0.278 e. The lowest BCUT2D eigenvalue weighted by Crippen LogP contribution is -2.32. The minimum absolute atomic E-state index is 0.437. The number of nitrogens with zero attached hydrogens (tertiary/aromatic N) is 3. The minimum Gasteiger partial charge on any atom is -0.278 e. The van der Waals surface area contributed by atoms with Gasteiger partial charge < -0.3 is 0 Å². The molecule has 1 aliphatic carbocycles. The molecule has 242 valence electrons. The van der Waals surface area contributed by atoms with Gasteiger partial charge in [0.2, 0.25) is 5.95 Å². The highest BCUT2D eigenvalue weighted by Crippen LogP contribution is 2.62. The summed E-state index contributed by atoms with van der Waals surface area (Å²) < 4.78 is 4.63. The first-order chi connectivity index (χ1) is 25.8.